The van der Waals surface area contributed by atoms with E-state index < -0.39 is 0 Å². The quantitative estimate of drug-likeness (QED) is 0.560. The van der Waals surface area contributed by atoms with E-state index >= 15 is 0 Å². The summed E-state index contributed by atoms with van der Waals surface area (Å²) in [5.74, 6) is 0. The third-order valence-electron chi connectivity index (χ3n) is 3.78. The number of benzene rings is 1. The molecular formula is C23H29N3O. The van der Waals surface area contributed by atoms with E-state index in [9.17, 15) is 10.1 Å². The molecule has 0 atom stereocenters. The van der Waals surface area contributed by atoms with Gasteiger partial charge in [-0.05, 0) is 31.6 Å². The monoisotopic (exact) mass is 363 g/mol. The summed E-state index contributed by atoms with van der Waals surface area (Å²) in [6, 6.07) is 11.5. The molecule has 4 heteroatoms. The summed E-state index contributed by atoms with van der Waals surface area (Å²) in [6.45, 7) is 11.9. The number of hydrogen-bond acceptors (Lipinski definition) is 2. The van der Waals surface area contributed by atoms with E-state index in [0.717, 1.165) is 34.1 Å². The molecule has 0 saturated carbocycles. The van der Waals surface area contributed by atoms with Crippen molar-refractivity contribution in [2.24, 2.45) is 0 Å². The Morgan fingerprint density at radius 3 is 2.44 bits per heavy atom. The molecule has 2 heterocycles. The predicted molar refractivity (Wildman–Crippen MR) is 117 cm³/mol. The molecule has 142 valence electrons. The van der Waals surface area contributed by atoms with E-state index in [4.69, 9.17) is 0 Å². The fraction of sp³-hybridized carbons (Fsp3) is 0.304. The molecule has 0 radical (unpaired) electrons. The molecule has 4 nitrogen and oxygen atoms in total. The largest absolute Gasteiger partial charge is 0.353 e. The first kappa shape index (κ1) is 22.0. The maximum absolute atomic E-state index is 12.8. The van der Waals surface area contributed by atoms with Gasteiger partial charge in [0.05, 0.1) is 11.0 Å². The van der Waals surface area contributed by atoms with Gasteiger partial charge in [-0.25, -0.2) is 0 Å². The number of nitrogens with zero attached hydrogens (tertiary/aromatic N) is 2. The van der Waals surface area contributed by atoms with Gasteiger partial charge in [0, 0.05) is 16.6 Å². The summed E-state index contributed by atoms with van der Waals surface area (Å²) in [4.78, 5) is 16.1. The lowest BCUT2D eigenvalue weighted by Crippen LogP contribution is -2.21. The van der Waals surface area contributed by atoms with Crippen molar-refractivity contribution in [3.63, 3.8) is 0 Å². The average molecular weight is 364 g/mol. The summed E-state index contributed by atoms with van der Waals surface area (Å²) in [5, 5.41) is 10.3. The van der Waals surface area contributed by atoms with E-state index in [2.05, 4.69) is 4.98 Å². The molecular weight excluding hydrogens is 334 g/mol. The Kier molecular flexibility index (Phi) is 8.81. The van der Waals surface area contributed by atoms with Crippen molar-refractivity contribution in [2.75, 3.05) is 0 Å². The lowest BCUT2D eigenvalue weighted by Gasteiger charge is -2.10. The van der Waals surface area contributed by atoms with Crippen molar-refractivity contribution < 1.29 is 0 Å². The third-order valence-corrected chi connectivity index (χ3v) is 3.78. The lowest BCUT2D eigenvalue weighted by molar-refractivity contribution is 1.06. The van der Waals surface area contributed by atoms with Gasteiger partial charge in [-0.2, -0.15) is 5.26 Å². The SMILES string of the molecule is C/C=C\C(=C/CC)n1c(=O)c(C#N)cc2[nH]c3ccccc3c21.CC.CC. The molecule has 0 aliphatic heterocycles. The highest BCUT2D eigenvalue weighted by Gasteiger charge is 2.15. The first-order valence-corrected chi connectivity index (χ1v) is 9.61. The van der Waals surface area contributed by atoms with Gasteiger partial charge in [-0.1, -0.05) is 65.0 Å². The lowest BCUT2D eigenvalue weighted by atomic mass is 10.2. The summed E-state index contributed by atoms with van der Waals surface area (Å²) < 4.78 is 1.64. The van der Waals surface area contributed by atoms with Gasteiger partial charge in [-0.15, -0.1) is 0 Å². The number of aromatic amines is 1. The summed E-state index contributed by atoms with van der Waals surface area (Å²) in [6.07, 6.45) is 6.58. The van der Waals surface area contributed by atoms with Gasteiger partial charge in [0.25, 0.3) is 5.56 Å². The maximum Gasteiger partial charge on any atom is 0.273 e. The Balaban J connectivity index is 0.000000855. The summed E-state index contributed by atoms with van der Waals surface area (Å²) >= 11 is 0. The highest BCUT2D eigenvalue weighted by molar-refractivity contribution is 6.06. The summed E-state index contributed by atoms with van der Waals surface area (Å²) in [7, 11) is 0. The molecule has 0 spiro atoms. The second-order valence-corrected chi connectivity index (χ2v) is 5.28. The van der Waals surface area contributed by atoms with E-state index in [-0.39, 0.29) is 11.1 Å². The van der Waals surface area contributed by atoms with Crippen LogP contribution in [0.3, 0.4) is 0 Å². The zero-order valence-electron chi connectivity index (χ0n) is 17.1. The van der Waals surface area contributed by atoms with Crippen LogP contribution >= 0.6 is 0 Å². The van der Waals surface area contributed by atoms with Gasteiger partial charge in [0.15, 0.2) is 0 Å². The van der Waals surface area contributed by atoms with Gasteiger partial charge in [-0.3, -0.25) is 9.36 Å². The minimum atomic E-state index is -0.289. The molecule has 0 unspecified atom stereocenters. The van der Waals surface area contributed by atoms with Gasteiger partial charge in [0.1, 0.15) is 11.6 Å². The van der Waals surface area contributed by atoms with Crippen LogP contribution < -0.4 is 5.56 Å². The first-order chi connectivity index (χ1) is 13.2. The minimum absolute atomic E-state index is 0.135. The Labute approximate surface area is 161 Å². The zero-order chi connectivity index (χ0) is 20.4. The second kappa shape index (κ2) is 10.8. The Morgan fingerprint density at radius 2 is 1.85 bits per heavy atom. The normalized spacial score (nSPS) is 10.9. The standard InChI is InChI=1S/C19H17N3O.2C2H6/c1-3-7-14(8-4-2)22-18-15-9-5-6-10-16(15)21-17(18)11-13(12-20)19(22)23;2*1-2/h3,5-11,21H,4H2,1-2H3;2*1-2H3/b7-3-,14-8+;;. The fourth-order valence-electron chi connectivity index (χ4n) is 2.86. The second-order valence-electron chi connectivity index (χ2n) is 5.28. The molecule has 0 saturated heterocycles. The van der Waals surface area contributed by atoms with Crippen molar-refractivity contribution >= 4 is 27.6 Å². The van der Waals surface area contributed by atoms with Crippen LogP contribution in [-0.4, -0.2) is 9.55 Å². The maximum atomic E-state index is 12.8. The number of para-hydroxylation sites is 1. The van der Waals surface area contributed by atoms with Gasteiger partial charge >= 0.3 is 0 Å². The van der Waals surface area contributed by atoms with E-state index in [0.29, 0.717) is 0 Å². The highest BCUT2D eigenvalue weighted by atomic mass is 16.1. The van der Waals surface area contributed by atoms with Crippen molar-refractivity contribution in [3.8, 4) is 6.07 Å². The molecule has 1 N–H and O–H groups in total. The molecule has 0 amide bonds. The number of pyridine rings is 1. The number of rotatable bonds is 3. The minimum Gasteiger partial charge on any atom is -0.353 e. The number of aromatic nitrogens is 2. The first-order valence-electron chi connectivity index (χ1n) is 9.61. The Bertz CT molecular complexity index is 1040. The molecule has 1 aromatic carbocycles. The van der Waals surface area contributed by atoms with Crippen LogP contribution in [0.4, 0.5) is 0 Å². The van der Waals surface area contributed by atoms with Crippen molar-refractivity contribution in [1.29, 1.82) is 5.26 Å². The average Bonchev–Trinajstić information content (AvgIpc) is 3.08. The van der Waals surface area contributed by atoms with Crippen molar-refractivity contribution in [1.82, 2.24) is 9.55 Å². The molecule has 0 bridgehead atoms. The zero-order valence-corrected chi connectivity index (χ0v) is 17.1. The molecule has 27 heavy (non-hydrogen) atoms. The third kappa shape index (κ3) is 4.38. The number of nitriles is 1. The van der Waals surface area contributed by atoms with E-state index in [1.807, 2.05) is 90.1 Å². The van der Waals surface area contributed by atoms with Crippen LogP contribution in [0.15, 0.2) is 53.4 Å². The van der Waals surface area contributed by atoms with Crippen LogP contribution in [0.2, 0.25) is 0 Å². The van der Waals surface area contributed by atoms with Crippen LogP contribution in [0.5, 0.6) is 0 Å². The van der Waals surface area contributed by atoms with Gasteiger partial charge < -0.3 is 4.98 Å². The fourth-order valence-corrected chi connectivity index (χ4v) is 2.86. The number of H-pyrrole nitrogens is 1. The predicted octanol–water partition coefficient (Wildman–Crippen LogP) is 6.23. The smallest absolute Gasteiger partial charge is 0.273 e. The Hall–Kier alpha value is -3.06. The van der Waals surface area contributed by atoms with E-state index in [1.54, 1.807) is 10.6 Å². The number of hydrogen-bond donors (Lipinski definition) is 1. The van der Waals surface area contributed by atoms with E-state index in [1.165, 1.54) is 0 Å². The highest BCUT2D eigenvalue weighted by Crippen LogP contribution is 2.27. The Morgan fingerprint density at radius 1 is 1.19 bits per heavy atom. The van der Waals surface area contributed by atoms with Crippen molar-refractivity contribution in [2.45, 2.75) is 48.0 Å². The van der Waals surface area contributed by atoms with Crippen molar-refractivity contribution in [3.05, 3.63) is 64.5 Å². The van der Waals surface area contributed by atoms with Crippen LogP contribution in [-0.2, 0) is 0 Å². The molecule has 2 aromatic heterocycles. The van der Waals surface area contributed by atoms with Gasteiger partial charge in [0.2, 0.25) is 0 Å². The summed E-state index contributed by atoms with van der Waals surface area (Å²) in [5.41, 5.74) is 3.17. The van der Waals surface area contributed by atoms with Crippen LogP contribution in [0, 0.1) is 11.3 Å². The number of nitrogens with one attached hydrogen (secondary N) is 1. The molecule has 3 rings (SSSR count). The van der Waals surface area contributed by atoms with Crippen LogP contribution in [0.25, 0.3) is 27.6 Å². The number of fused-ring (bicyclic) bond motifs is 3. The number of allylic oxidation sites excluding steroid dienone is 4. The molecule has 3 aromatic rings. The topological polar surface area (TPSA) is 61.6 Å². The molecule has 0 fully saturated rings. The molecule has 0 aliphatic carbocycles. The van der Waals surface area contributed by atoms with Crippen LogP contribution in [0.1, 0.15) is 53.5 Å². The molecule has 0 aliphatic rings.